The van der Waals surface area contributed by atoms with Crippen LogP contribution in [-0.4, -0.2) is 25.7 Å². The van der Waals surface area contributed by atoms with E-state index in [2.05, 4.69) is 5.32 Å². The van der Waals surface area contributed by atoms with Crippen molar-refractivity contribution in [2.75, 3.05) is 13.7 Å². The van der Waals surface area contributed by atoms with Crippen molar-refractivity contribution in [3.05, 3.63) is 34.9 Å². The van der Waals surface area contributed by atoms with Crippen molar-refractivity contribution in [1.29, 1.82) is 0 Å². The van der Waals surface area contributed by atoms with Crippen LogP contribution < -0.4 is 5.32 Å². The minimum atomic E-state index is -0.403. The zero-order valence-corrected chi connectivity index (χ0v) is 10.3. The Kier molecular flexibility index (Phi) is 5.29. The fraction of sp³-hybridized carbons (Fsp3) is 0.417. The molecule has 0 bridgehead atoms. The number of hydrogen-bond acceptors (Lipinski definition) is 2. The Bertz CT molecular complexity index is 355. The molecular formula is C12H16ClNO2. The standard InChI is InChI=1S/C12H16ClNO2/c1-9(16-2)12(15)14-7-6-10-4-3-5-11(13)8-10/h3-5,8-9H,6-7H2,1-2H3,(H,14,15). The summed E-state index contributed by atoms with van der Waals surface area (Å²) in [5.74, 6) is -0.0930. The highest BCUT2D eigenvalue weighted by Crippen LogP contribution is 2.10. The molecule has 4 heteroatoms. The van der Waals surface area contributed by atoms with Crippen molar-refractivity contribution in [3.63, 3.8) is 0 Å². The van der Waals surface area contributed by atoms with Gasteiger partial charge in [0.25, 0.3) is 0 Å². The molecule has 0 radical (unpaired) electrons. The number of ether oxygens (including phenoxy) is 1. The highest BCUT2D eigenvalue weighted by Gasteiger charge is 2.09. The van der Waals surface area contributed by atoms with Gasteiger partial charge in [-0.05, 0) is 31.0 Å². The van der Waals surface area contributed by atoms with Crippen LogP contribution in [-0.2, 0) is 16.0 Å². The van der Waals surface area contributed by atoms with E-state index in [1.54, 1.807) is 6.92 Å². The third-order valence-electron chi connectivity index (χ3n) is 2.32. The number of carbonyl (C=O) groups is 1. The van der Waals surface area contributed by atoms with Crippen molar-refractivity contribution in [2.45, 2.75) is 19.4 Å². The van der Waals surface area contributed by atoms with E-state index in [0.717, 1.165) is 12.0 Å². The largest absolute Gasteiger partial charge is 0.372 e. The van der Waals surface area contributed by atoms with Crippen LogP contribution in [0.5, 0.6) is 0 Å². The molecule has 1 rings (SSSR count). The van der Waals surface area contributed by atoms with Gasteiger partial charge in [-0.1, -0.05) is 23.7 Å². The van der Waals surface area contributed by atoms with Gasteiger partial charge in [0, 0.05) is 18.7 Å². The van der Waals surface area contributed by atoms with Gasteiger partial charge in [0.1, 0.15) is 6.10 Å². The molecule has 0 heterocycles. The van der Waals surface area contributed by atoms with Crippen LogP contribution in [0.3, 0.4) is 0 Å². The summed E-state index contributed by atoms with van der Waals surface area (Å²) in [4.78, 5) is 11.4. The average molecular weight is 242 g/mol. The maximum Gasteiger partial charge on any atom is 0.248 e. The lowest BCUT2D eigenvalue weighted by molar-refractivity contribution is -0.129. The lowest BCUT2D eigenvalue weighted by Crippen LogP contribution is -2.35. The molecule has 0 aliphatic carbocycles. The third-order valence-corrected chi connectivity index (χ3v) is 2.56. The van der Waals surface area contributed by atoms with Gasteiger partial charge in [-0.2, -0.15) is 0 Å². The van der Waals surface area contributed by atoms with Gasteiger partial charge in [0.2, 0.25) is 5.91 Å². The van der Waals surface area contributed by atoms with E-state index in [9.17, 15) is 4.79 Å². The first-order valence-electron chi connectivity index (χ1n) is 5.18. The summed E-state index contributed by atoms with van der Waals surface area (Å²) < 4.78 is 4.90. The number of methoxy groups -OCH3 is 1. The van der Waals surface area contributed by atoms with Crippen LogP contribution >= 0.6 is 11.6 Å². The maximum atomic E-state index is 11.4. The number of hydrogen-bond donors (Lipinski definition) is 1. The molecule has 1 atom stereocenters. The second-order valence-electron chi connectivity index (χ2n) is 3.55. The predicted molar refractivity (Wildman–Crippen MR) is 64.6 cm³/mol. The zero-order chi connectivity index (χ0) is 12.0. The Morgan fingerprint density at radius 3 is 2.94 bits per heavy atom. The van der Waals surface area contributed by atoms with Crippen molar-refractivity contribution >= 4 is 17.5 Å². The first kappa shape index (κ1) is 13.0. The normalized spacial score (nSPS) is 12.2. The van der Waals surface area contributed by atoms with E-state index in [1.807, 2.05) is 24.3 Å². The number of benzene rings is 1. The molecule has 88 valence electrons. The summed E-state index contributed by atoms with van der Waals surface area (Å²) in [5.41, 5.74) is 1.11. The van der Waals surface area contributed by atoms with Gasteiger partial charge >= 0.3 is 0 Å². The summed E-state index contributed by atoms with van der Waals surface area (Å²) in [6.07, 6.45) is 0.363. The van der Waals surface area contributed by atoms with Gasteiger partial charge < -0.3 is 10.1 Å². The number of nitrogens with one attached hydrogen (secondary N) is 1. The molecule has 0 aliphatic rings. The second kappa shape index (κ2) is 6.51. The fourth-order valence-corrected chi connectivity index (χ4v) is 1.49. The lowest BCUT2D eigenvalue weighted by atomic mass is 10.1. The molecule has 0 saturated carbocycles. The summed E-state index contributed by atoms with van der Waals surface area (Å²) in [7, 11) is 1.52. The summed E-state index contributed by atoms with van der Waals surface area (Å²) in [6.45, 7) is 2.31. The third kappa shape index (κ3) is 4.21. The number of carbonyl (C=O) groups excluding carboxylic acids is 1. The minimum Gasteiger partial charge on any atom is -0.372 e. The van der Waals surface area contributed by atoms with Crippen molar-refractivity contribution in [3.8, 4) is 0 Å². The molecule has 1 N–H and O–H groups in total. The van der Waals surface area contributed by atoms with Gasteiger partial charge in [-0.15, -0.1) is 0 Å². The SMILES string of the molecule is COC(C)C(=O)NCCc1cccc(Cl)c1. The molecule has 1 aromatic carbocycles. The Balaban J connectivity index is 2.33. The molecule has 3 nitrogen and oxygen atoms in total. The van der Waals surface area contributed by atoms with Crippen LogP contribution in [0.2, 0.25) is 5.02 Å². The van der Waals surface area contributed by atoms with E-state index < -0.39 is 6.10 Å². The molecule has 1 aromatic rings. The Morgan fingerprint density at radius 1 is 1.56 bits per heavy atom. The minimum absolute atomic E-state index is 0.0930. The van der Waals surface area contributed by atoms with Crippen LogP contribution in [0.4, 0.5) is 0 Å². The smallest absolute Gasteiger partial charge is 0.248 e. The summed E-state index contributed by atoms with van der Waals surface area (Å²) in [6, 6.07) is 7.61. The predicted octanol–water partition coefficient (Wildman–Crippen LogP) is 2.03. The van der Waals surface area contributed by atoms with Crippen LogP contribution in [0.1, 0.15) is 12.5 Å². The van der Waals surface area contributed by atoms with Gasteiger partial charge in [0.05, 0.1) is 0 Å². The molecule has 0 fully saturated rings. The van der Waals surface area contributed by atoms with Gasteiger partial charge in [-0.25, -0.2) is 0 Å². The fourth-order valence-electron chi connectivity index (χ4n) is 1.27. The Hall–Kier alpha value is -1.06. The summed E-state index contributed by atoms with van der Waals surface area (Å²) >= 11 is 5.85. The number of rotatable bonds is 5. The number of halogens is 1. The monoisotopic (exact) mass is 241 g/mol. The molecule has 0 saturated heterocycles. The molecule has 0 spiro atoms. The Morgan fingerprint density at radius 2 is 2.31 bits per heavy atom. The van der Waals surface area contributed by atoms with Crippen LogP contribution in [0.25, 0.3) is 0 Å². The lowest BCUT2D eigenvalue weighted by Gasteiger charge is -2.10. The topological polar surface area (TPSA) is 38.3 Å². The highest BCUT2D eigenvalue weighted by atomic mass is 35.5. The van der Waals surface area contributed by atoms with Crippen molar-refractivity contribution in [1.82, 2.24) is 5.32 Å². The quantitative estimate of drug-likeness (QED) is 0.857. The van der Waals surface area contributed by atoms with E-state index in [1.165, 1.54) is 7.11 Å². The molecule has 0 aromatic heterocycles. The number of amides is 1. The van der Waals surface area contributed by atoms with Crippen LogP contribution in [0.15, 0.2) is 24.3 Å². The van der Waals surface area contributed by atoms with Gasteiger partial charge in [0.15, 0.2) is 0 Å². The maximum absolute atomic E-state index is 11.4. The van der Waals surface area contributed by atoms with Crippen molar-refractivity contribution in [2.24, 2.45) is 0 Å². The highest BCUT2D eigenvalue weighted by molar-refractivity contribution is 6.30. The van der Waals surface area contributed by atoms with E-state index in [4.69, 9.17) is 16.3 Å². The zero-order valence-electron chi connectivity index (χ0n) is 9.50. The average Bonchev–Trinajstić information content (AvgIpc) is 2.28. The second-order valence-corrected chi connectivity index (χ2v) is 3.99. The molecule has 1 unspecified atom stereocenters. The van der Waals surface area contributed by atoms with E-state index >= 15 is 0 Å². The van der Waals surface area contributed by atoms with Gasteiger partial charge in [-0.3, -0.25) is 4.79 Å². The molecule has 1 amide bonds. The molecule has 16 heavy (non-hydrogen) atoms. The Labute approximate surface area is 101 Å². The summed E-state index contributed by atoms with van der Waals surface area (Å²) in [5, 5.41) is 3.51. The first-order valence-corrected chi connectivity index (χ1v) is 5.56. The van der Waals surface area contributed by atoms with Crippen LogP contribution in [0, 0.1) is 0 Å². The van der Waals surface area contributed by atoms with Crippen molar-refractivity contribution < 1.29 is 9.53 Å². The molecule has 0 aliphatic heterocycles. The first-order chi connectivity index (χ1) is 7.63. The van der Waals surface area contributed by atoms with E-state index in [-0.39, 0.29) is 5.91 Å². The molecular weight excluding hydrogens is 226 g/mol. The van der Waals surface area contributed by atoms with E-state index in [0.29, 0.717) is 11.6 Å².